The van der Waals surface area contributed by atoms with E-state index in [1.165, 1.54) is 6.42 Å². The Kier molecular flexibility index (Phi) is 8.83. The summed E-state index contributed by atoms with van der Waals surface area (Å²) in [6.45, 7) is 4.90. The Labute approximate surface area is 160 Å². The lowest BCUT2D eigenvalue weighted by atomic mass is 10.2. The van der Waals surface area contributed by atoms with Crippen molar-refractivity contribution in [2.45, 2.75) is 26.3 Å². The first-order valence-corrected chi connectivity index (χ1v) is 8.03. The number of nitrogens with one attached hydrogen (secondary N) is 1. The molecule has 2 rings (SSSR count). The third-order valence-electron chi connectivity index (χ3n) is 3.53. The van der Waals surface area contributed by atoms with E-state index < -0.39 is 0 Å². The van der Waals surface area contributed by atoms with E-state index in [2.05, 4.69) is 22.1 Å². The van der Waals surface area contributed by atoms with Crippen LogP contribution in [-0.2, 0) is 6.54 Å². The summed E-state index contributed by atoms with van der Waals surface area (Å²) >= 11 is 6.25. The largest absolute Gasteiger partial charge is 0.486 e. The van der Waals surface area contributed by atoms with Crippen LogP contribution in [0.1, 0.15) is 25.3 Å². The lowest BCUT2D eigenvalue weighted by molar-refractivity contribution is 0.171. The first-order chi connectivity index (χ1) is 10.7. The van der Waals surface area contributed by atoms with Crippen molar-refractivity contribution >= 4 is 41.5 Å². The molecule has 1 heterocycles. The minimum Gasteiger partial charge on any atom is -0.486 e. The Balaban J connectivity index is 0.00000264. The standard InChI is InChI=1S/C16H24ClN3O2.HI/c1-4-5-6-20(3)16(18-2)19-11-12-9-13(17)15-14(10-12)21-7-8-22-15;/h9-10H,4-8,11H2,1-3H3,(H,18,19);1H. The lowest BCUT2D eigenvalue weighted by Gasteiger charge is -2.23. The van der Waals surface area contributed by atoms with Crippen molar-refractivity contribution < 1.29 is 9.47 Å². The molecule has 0 fully saturated rings. The van der Waals surface area contributed by atoms with Gasteiger partial charge in [0.05, 0.1) is 5.02 Å². The normalized spacial score (nSPS) is 13.3. The van der Waals surface area contributed by atoms with Crippen LogP contribution in [0.3, 0.4) is 0 Å². The van der Waals surface area contributed by atoms with Crippen molar-refractivity contribution in [1.29, 1.82) is 0 Å². The molecule has 23 heavy (non-hydrogen) atoms. The Morgan fingerprint density at radius 2 is 2.09 bits per heavy atom. The molecular weight excluding hydrogens is 429 g/mol. The minimum atomic E-state index is 0. The SMILES string of the molecule is CCCCN(C)C(=NC)NCc1cc(Cl)c2c(c1)OCCO2.I. The highest BCUT2D eigenvalue weighted by atomic mass is 127. The van der Waals surface area contributed by atoms with Crippen LogP contribution in [0, 0.1) is 0 Å². The van der Waals surface area contributed by atoms with E-state index in [0.29, 0.717) is 36.3 Å². The number of nitrogens with zero attached hydrogens (tertiary/aromatic N) is 2. The van der Waals surface area contributed by atoms with Gasteiger partial charge in [0.1, 0.15) is 13.2 Å². The van der Waals surface area contributed by atoms with E-state index >= 15 is 0 Å². The first kappa shape index (κ1) is 20.2. The van der Waals surface area contributed by atoms with Gasteiger partial charge in [0, 0.05) is 27.2 Å². The van der Waals surface area contributed by atoms with Gasteiger partial charge in [-0.05, 0) is 24.1 Å². The lowest BCUT2D eigenvalue weighted by Crippen LogP contribution is -2.39. The third-order valence-corrected chi connectivity index (χ3v) is 3.81. The maximum absolute atomic E-state index is 6.25. The van der Waals surface area contributed by atoms with Gasteiger partial charge in [-0.1, -0.05) is 24.9 Å². The van der Waals surface area contributed by atoms with Gasteiger partial charge in [-0.2, -0.15) is 0 Å². The molecule has 1 aliphatic rings. The van der Waals surface area contributed by atoms with Crippen LogP contribution >= 0.6 is 35.6 Å². The second kappa shape index (κ2) is 10.1. The van der Waals surface area contributed by atoms with Crippen molar-refractivity contribution in [1.82, 2.24) is 10.2 Å². The fraction of sp³-hybridized carbons (Fsp3) is 0.562. The molecule has 130 valence electrons. The van der Waals surface area contributed by atoms with Crippen molar-refractivity contribution in [2.75, 3.05) is 33.9 Å². The predicted octanol–water partition coefficient (Wildman–Crippen LogP) is 3.54. The highest BCUT2D eigenvalue weighted by Crippen LogP contribution is 2.38. The molecular formula is C16H25ClIN3O2. The van der Waals surface area contributed by atoms with Gasteiger partial charge in [0.2, 0.25) is 0 Å². The number of unbranched alkanes of at least 4 members (excludes halogenated alkanes) is 1. The van der Waals surface area contributed by atoms with Crippen LogP contribution in [0.4, 0.5) is 0 Å². The number of fused-ring (bicyclic) bond motifs is 1. The summed E-state index contributed by atoms with van der Waals surface area (Å²) in [6, 6.07) is 3.87. The highest BCUT2D eigenvalue weighted by molar-refractivity contribution is 14.0. The molecule has 0 aliphatic carbocycles. The molecule has 1 aromatic rings. The van der Waals surface area contributed by atoms with Crippen molar-refractivity contribution in [3.8, 4) is 11.5 Å². The zero-order valence-electron chi connectivity index (χ0n) is 13.9. The summed E-state index contributed by atoms with van der Waals surface area (Å²) in [6.07, 6.45) is 2.31. The first-order valence-electron chi connectivity index (χ1n) is 7.65. The average molecular weight is 454 g/mol. The molecule has 0 bridgehead atoms. The number of guanidine groups is 1. The van der Waals surface area contributed by atoms with Gasteiger partial charge in [-0.25, -0.2) is 0 Å². The second-order valence-corrected chi connectivity index (χ2v) is 5.68. The van der Waals surface area contributed by atoms with Crippen LogP contribution < -0.4 is 14.8 Å². The molecule has 5 nitrogen and oxygen atoms in total. The number of ether oxygens (including phenoxy) is 2. The maximum Gasteiger partial charge on any atom is 0.193 e. The minimum absolute atomic E-state index is 0. The summed E-state index contributed by atoms with van der Waals surface area (Å²) in [7, 11) is 3.84. The smallest absolute Gasteiger partial charge is 0.193 e. The number of aliphatic imine (C=N–C) groups is 1. The number of hydrogen-bond acceptors (Lipinski definition) is 3. The molecule has 0 radical (unpaired) electrons. The van der Waals surface area contributed by atoms with Crippen LogP contribution in [0.5, 0.6) is 11.5 Å². The van der Waals surface area contributed by atoms with Crippen molar-refractivity contribution in [3.05, 3.63) is 22.7 Å². The molecule has 0 aromatic heterocycles. The molecule has 0 saturated carbocycles. The molecule has 0 atom stereocenters. The topological polar surface area (TPSA) is 46.1 Å². The molecule has 7 heteroatoms. The molecule has 1 aromatic carbocycles. The molecule has 1 aliphatic heterocycles. The summed E-state index contributed by atoms with van der Waals surface area (Å²) in [5.74, 6) is 2.23. The highest BCUT2D eigenvalue weighted by Gasteiger charge is 2.16. The van der Waals surface area contributed by atoms with Crippen LogP contribution in [0.25, 0.3) is 0 Å². The van der Waals surface area contributed by atoms with Crippen LogP contribution in [-0.4, -0.2) is 44.7 Å². The van der Waals surface area contributed by atoms with Gasteiger partial charge in [-0.3, -0.25) is 4.99 Å². The van der Waals surface area contributed by atoms with E-state index in [-0.39, 0.29) is 24.0 Å². The number of hydrogen-bond donors (Lipinski definition) is 1. The second-order valence-electron chi connectivity index (χ2n) is 5.28. The number of halogens is 2. The van der Waals surface area contributed by atoms with Gasteiger partial charge in [0.25, 0.3) is 0 Å². The Bertz CT molecular complexity index is 540. The quantitative estimate of drug-likeness (QED) is 0.421. The zero-order chi connectivity index (χ0) is 15.9. The van der Waals surface area contributed by atoms with Crippen molar-refractivity contribution in [3.63, 3.8) is 0 Å². The number of rotatable bonds is 5. The third kappa shape index (κ3) is 5.60. The molecule has 0 saturated heterocycles. The Morgan fingerprint density at radius 3 is 2.78 bits per heavy atom. The molecule has 0 amide bonds. The van der Waals surface area contributed by atoms with E-state index in [0.717, 1.165) is 24.5 Å². The van der Waals surface area contributed by atoms with Gasteiger partial charge < -0.3 is 19.7 Å². The molecule has 1 N–H and O–H groups in total. The summed E-state index contributed by atoms with van der Waals surface area (Å²) < 4.78 is 11.1. The van der Waals surface area contributed by atoms with Gasteiger partial charge >= 0.3 is 0 Å². The zero-order valence-corrected chi connectivity index (χ0v) is 17.0. The fourth-order valence-corrected chi connectivity index (χ4v) is 2.62. The van der Waals surface area contributed by atoms with Gasteiger partial charge in [0.15, 0.2) is 17.5 Å². The van der Waals surface area contributed by atoms with E-state index in [9.17, 15) is 0 Å². The average Bonchev–Trinajstić information content (AvgIpc) is 2.53. The Morgan fingerprint density at radius 1 is 1.35 bits per heavy atom. The summed E-state index contributed by atoms with van der Waals surface area (Å²) in [5.41, 5.74) is 1.04. The maximum atomic E-state index is 6.25. The Hall–Kier alpha value is -0.890. The van der Waals surface area contributed by atoms with Crippen LogP contribution in [0.2, 0.25) is 5.02 Å². The van der Waals surface area contributed by atoms with E-state index in [4.69, 9.17) is 21.1 Å². The summed E-state index contributed by atoms with van der Waals surface area (Å²) in [4.78, 5) is 6.44. The van der Waals surface area contributed by atoms with E-state index in [1.807, 2.05) is 19.2 Å². The molecule has 0 unspecified atom stereocenters. The predicted molar refractivity (Wildman–Crippen MR) is 106 cm³/mol. The number of benzene rings is 1. The van der Waals surface area contributed by atoms with Crippen LogP contribution in [0.15, 0.2) is 17.1 Å². The molecule has 0 spiro atoms. The summed E-state index contributed by atoms with van der Waals surface area (Å²) in [5, 5.41) is 3.94. The monoisotopic (exact) mass is 453 g/mol. The fourth-order valence-electron chi connectivity index (χ4n) is 2.33. The van der Waals surface area contributed by atoms with Gasteiger partial charge in [-0.15, -0.1) is 24.0 Å². The van der Waals surface area contributed by atoms with Crippen molar-refractivity contribution in [2.24, 2.45) is 4.99 Å². The van der Waals surface area contributed by atoms with E-state index in [1.54, 1.807) is 7.05 Å².